The number of ether oxygens (including phenoxy) is 1. The summed E-state index contributed by atoms with van der Waals surface area (Å²) in [6, 6.07) is 9.58. The smallest absolute Gasteiger partial charge is 0.123 e. The molecule has 0 aliphatic carbocycles. The molecule has 0 unspecified atom stereocenters. The minimum Gasteiger partial charge on any atom is -1.00 e. The number of pyridine rings is 1. The molecule has 0 saturated carbocycles. The van der Waals surface area contributed by atoms with Crippen LogP contribution in [0.25, 0.3) is 0 Å². The second kappa shape index (κ2) is 8.00. The van der Waals surface area contributed by atoms with Gasteiger partial charge in [-0.2, -0.15) is 0 Å². The zero-order valence-electron chi connectivity index (χ0n) is 10.6. The summed E-state index contributed by atoms with van der Waals surface area (Å²) in [6.07, 6.45) is 3.62. The first-order valence-corrected chi connectivity index (χ1v) is 6.09. The lowest BCUT2D eigenvalue weighted by molar-refractivity contribution is -0.00000394. The van der Waals surface area contributed by atoms with Gasteiger partial charge in [0.25, 0.3) is 0 Å². The number of benzene rings is 1. The van der Waals surface area contributed by atoms with Crippen LogP contribution in [0, 0.1) is 0 Å². The van der Waals surface area contributed by atoms with Crippen molar-refractivity contribution in [2.24, 2.45) is 0 Å². The van der Waals surface area contributed by atoms with Gasteiger partial charge in [-0.05, 0) is 29.8 Å². The van der Waals surface area contributed by atoms with Crippen LogP contribution in [-0.2, 0) is 13.1 Å². The first-order chi connectivity index (χ1) is 8.79. The molecule has 0 saturated heterocycles. The van der Waals surface area contributed by atoms with Crippen molar-refractivity contribution in [3.05, 3.63) is 58.9 Å². The van der Waals surface area contributed by atoms with E-state index in [0.717, 1.165) is 23.4 Å². The van der Waals surface area contributed by atoms with Crippen LogP contribution in [-0.4, -0.2) is 12.1 Å². The van der Waals surface area contributed by atoms with Crippen molar-refractivity contribution < 1.29 is 17.1 Å². The molecule has 0 amide bonds. The molecule has 1 aromatic carbocycles. The van der Waals surface area contributed by atoms with Gasteiger partial charge < -0.3 is 22.5 Å². The van der Waals surface area contributed by atoms with Gasteiger partial charge in [-0.3, -0.25) is 4.98 Å². The second-order valence-corrected chi connectivity index (χ2v) is 4.36. The highest BCUT2D eigenvalue weighted by Gasteiger charge is 2.03. The van der Waals surface area contributed by atoms with Gasteiger partial charge >= 0.3 is 0 Å². The molecule has 2 rings (SSSR count). The SMILES string of the molecule is COc1ccc(Cl)cc1CNCc1cccnc1.[Cl-]. The fraction of sp³-hybridized carbons (Fsp3) is 0.214. The Labute approximate surface area is 124 Å². The lowest BCUT2D eigenvalue weighted by Gasteiger charge is -2.10. The van der Waals surface area contributed by atoms with Gasteiger partial charge in [-0.25, -0.2) is 0 Å². The molecule has 0 atom stereocenters. The van der Waals surface area contributed by atoms with Crippen molar-refractivity contribution in [3.63, 3.8) is 0 Å². The third-order valence-electron chi connectivity index (χ3n) is 2.61. The highest BCUT2D eigenvalue weighted by molar-refractivity contribution is 6.30. The van der Waals surface area contributed by atoms with Crippen molar-refractivity contribution >= 4 is 11.6 Å². The minimum atomic E-state index is 0. The van der Waals surface area contributed by atoms with Crippen molar-refractivity contribution in [2.75, 3.05) is 7.11 Å². The summed E-state index contributed by atoms with van der Waals surface area (Å²) in [5, 5.41) is 4.06. The molecule has 5 heteroatoms. The van der Waals surface area contributed by atoms with Crippen LogP contribution in [0.3, 0.4) is 0 Å². The molecule has 1 heterocycles. The van der Waals surface area contributed by atoms with E-state index in [-0.39, 0.29) is 12.4 Å². The van der Waals surface area contributed by atoms with Crippen LogP contribution < -0.4 is 22.5 Å². The first kappa shape index (κ1) is 15.8. The molecule has 0 aliphatic heterocycles. The van der Waals surface area contributed by atoms with E-state index in [1.54, 1.807) is 13.3 Å². The van der Waals surface area contributed by atoms with Crippen LogP contribution in [0.5, 0.6) is 5.75 Å². The van der Waals surface area contributed by atoms with Crippen LogP contribution in [0.4, 0.5) is 0 Å². The largest absolute Gasteiger partial charge is 1.00 e. The van der Waals surface area contributed by atoms with Gasteiger partial charge in [0.1, 0.15) is 5.75 Å². The van der Waals surface area contributed by atoms with E-state index in [2.05, 4.69) is 10.3 Å². The Morgan fingerprint density at radius 2 is 2.11 bits per heavy atom. The lowest BCUT2D eigenvalue weighted by atomic mass is 10.2. The monoisotopic (exact) mass is 297 g/mol. The molecule has 3 nitrogen and oxygen atoms in total. The van der Waals surface area contributed by atoms with Gasteiger partial charge in [-0.15, -0.1) is 0 Å². The zero-order valence-corrected chi connectivity index (χ0v) is 12.1. The van der Waals surface area contributed by atoms with E-state index in [1.165, 1.54) is 0 Å². The van der Waals surface area contributed by atoms with Gasteiger partial charge in [0, 0.05) is 36.1 Å². The van der Waals surface area contributed by atoms with E-state index in [4.69, 9.17) is 16.3 Å². The third-order valence-corrected chi connectivity index (χ3v) is 2.84. The Kier molecular flexibility index (Phi) is 6.64. The Bertz CT molecular complexity index is 506. The number of methoxy groups -OCH3 is 1. The zero-order chi connectivity index (χ0) is 12.8. The van der Waals surface area contributed by atoms with Gasteiger partial charge in [0.15, 0.2) is 0 Å². The van der Waals surface area contributed by atoms with Crippen LogP contribution in [0.15, 0.2) is 42.7 Å². The summed E-state index contributed by atoms with van der Waals surface area (Å²) in [6.45, 7) is 1.47. The highest BCUT2D eigenvalue weighted by atomic mass is 35.5. The maximum Gasteiger partial charge on any atom is 0.123 e. The summed E-state index contributed by atoms with van der Waals surface area (Å²) >= 11 is 5.98. The second-order valence-electron chi connectivity index (χ2n) is 3.92. The number of aromatic nitrogens is 1. The number of halogens is 2. The molecule has 102 valence electrons. The normalized spacial score (nSPS) is 9.79. The molecule has 2 aromatic rings. The summed E-state index contributed by atoms with van der Waals surface area (Å²) in [5.74, 6) is 0.845. The maximum atomic E-state index is 5.98. The first-order valence-electron chi connectivity index (χ1n) is 5.71. The molecule has 0 radical (unpaired) electrons. The molecular formula is C14H15Cl2N2O-. The molecule has 1 aromatic heterocycles. The maximum absolute atomic E-state index is 5.98. The molecule has 1 N–H and O–H groups in total. The molecular weight excluding hydrogens is 283 g/mol. The van der Waals surface area contributed by atoms with E-state index >= 15 is 0 Å². The van der Waals surface area contributed by atoms with E-state index in [1.807, 2.05) is 36.5 Å². The number of nitrogens with zero attached hydrogens (tertiary/aromatic N) is 1. The quantitative estimate of drug-likeness (QED) is 0.846. The van der Waals surface area contributed by atoms with Gasteiger partial charge in [0.05, 0.1) is 7.11 Å². The summed E-state index contributed by atoms with van der Waals surface area (Å²) in [7, 11) is 1.66. The van der Waals surface area contributed by atoms with E-state index in [0.29, 0.717) is 11.6 Å². The molecule has 0 fully saturated rings. The fourth-order valence-corrected chi connectivity index (χ4v) is 1.92. The van der Waals surface area contributed by atoms with Crippen molar-refractivity contribution in [1.29, 1.82) is 0 Å². The number of nitrogens with one attached hydrogen (secondary N) is 1. The predicted molar refractivity (Wildman–Crippen MR) is 72.8 cm³/mol. The van der Waals surface area contributed by atoms with Crippen molar-refractivity contribution in [1.82, 2.24) is 10.3 Å². The Balaban J connectivity index is 0.00000180. The van der Waals surface area contributed by atoms with E-state index in [9.17, 15) is 0 Å². The Morgan fingerprint density at radius 3 is 2.79 bits per heavy atom. The minimum absolute atomic E-state index is 0. The van der Waals surface area contributed by atoms with Gasteiger partial charge in [-0.1, -0.05) is 17.7 Å². The van der Waals surface area contributed by atoms with Crippen LogP contribution in [0.1, 0.15) is 11.1 Å². The van der Waals surface area contributed by atoms with Crippen LogP contribution in [0.2, 0.25) is 5.02 Å². The standard InChI is InChI=1S/C14H15ClN2O.ClH/c1-18-14-5-4-13(15)7-12(14)10-17-9-11-3-2-6-16-8-11;/h2-8,17H,9-10H2,1H3;1H/p-1. The number of hydrogen-bond acceptors (Lipinski definition) is 3. The van der Waals surface area contributed by atoms with Crippen molar-refractivity contribution in [2.45, 2.75) is 13.1 Å². The topological polar surface area (TPSA) is 34.1 Å². The molecule has 0 spiro atoms. The number of rotatable bonds is 5. The summed E-state index contributed by atoms with van der Waals surface area (Å²) in [4.78, 5) is 4.07. The Hall–Kier alpha value is -1.29. The molecule has 0 bridgehead atoms. The third kappa shape index (κ3) is 4.71. The average Bonchev–Trinajstić information content (AvgIpc) is 2.40. The summed E-state index contributed by atoms with van der Waals surface area (Å²) in [5.41, 5.74) is 2.20. The Morgan fingerprint density at radius 1 is 1.26 bits per heavy atom. The van der Waals surface area contributed by atoms with Crippen LogP contribution >= 0.6 is 11.6 Å². The average molecular weight is 298 g/mol. The molecule has 0 aliphatic rings. The number of hydrogen-bond donors (Lipinski definition) is 1. The molecule has 19 heavy (non-hydrogen) atoms. The fourth-order valence-electron chi connectivity index (χ4n) is 1.73. The van der Waals surface area contributed by atoms with Gasteiger partial charge in [0.2, 0.25) is 0 Å². The summed E-state index contributed by atoms with van der Waals surface area (Å²) < 4.78 is 5.29. The van der Waals surface area contributed by atoms with Crippen molar-refractivity contribution in [3.8, 4) is 5.75 Å². The van der Waals surface area contributed by atoms with E-state index < -0.39 is 0 Å². The highest BCUT2D eigenvalue weighted by Crippen LogP contribution is 2.22. The predicted octanol–water partition coefficient (Wildman–Crippen LogP) is 0.0374. The lowest BCUT2D eigenvalue weighted by Crippen LogP contribution is -3.00.